The van der Waals surface area contributed by atoms with E-state index in [1.54, 1.807) is 0 Å². The predicted octanol–water partition coefficient (Wildman–Crippen LogP) is 11.7. The third-order valence-electron chi connectivity index (χ3n) is 8.83. The average Bonchev–Trinajstić information content (AvgIpc) is 3.10. The van der Waals surface area contributed by atoms with Gasteiger partial charge in [0, 0.05) is 17.2 Å². The van der Waals surface area contributed by atoms with E-state index in [1.165, 1.54) is 55.6 Å². The van der Waals surface area contributed by atoms with Gasteiger partial charge in [-0.1, -0.05) is 117 Å². The summed E-state index contributed by atoms with van der Waals surface area (Å²) in [6.07, 6.45) is 5.98. The van der Waals surface area contributed by atoms with E-state index in [0.29, 0.717) is 0 Å². The van der Waals surface area contributed by atoms with Gasteiger partial charge in [0.25, 0.3) is 0 Å². The molecule has 6 aromatic rings. The van der Waals surface area contributed by atoms with Crippen LogP contribution in [0.1, 0.15) is 32.3 Å². The molecule has 0 radical (unpaired) electrons. The number of aromatic nitrogens is 1. The highest BCUT2D eigenvalue weighted by atomic mass is 14.7. The van der Waals surface area contributed by atoms with E-state index in [-0.39, 0.29) is 5.41 Å². The summed E-state index contributed by atoms with van der Waals surface area (Å²) in [5, 5.41) is 0. The summed E-state index contributed by atoms with van der Waals surface area (Å²) in [6.45, 7) is 8.75. The molecule has 0 aliphatic rings. The van der Waals surface area contributed by atoms with Crippen LogP contribution in [0.5, 0.6) is 0 Å². The Morgan fingerprint density at radius 2 is 1.00 bits per heavy atom. The molecule has 0 saturated heterocycles. The lowest BCUT2D eigenvalue weighted by molar-refractivity contribution is 0.500. The summed E-state index contributed by atoms with van der Waals surface area (Å²) >= 11 is 0. The molecule has 0 saturated carbocycles. The molecule has 1 heteroatoms. The van der Waals surface area contributed by atoms with E-state index in [1.807, 2.05) is 12.3 Å². The monoisotopic (exact) mass is 555 g/mol. The van der Waals surface area contributed by atoms with Crippen LogP contribution in [0, 0.1) is 0 Å². The minimum atomic E-state index is -0.0983. The lowest BCUT2D eigenvalue weighted by Gasteiger charge is -2.31. The number of rotatable bonds is 9. The van der Waals surface area contributed by atoms with Gasteiger partial charge in [0.2, 0.25) is 0 Å². The Hall–Kier alpha value is -5.01. The second-order valence-corrected chi connectivity index (χ2v) is 11.2. The first kappa shape index (κ1) is 28.1. The molecular weight excluding hydrogens is 518 g/mol. The molecule has 6 rings (SSSR count). The van der Waals surface area contributed by atoms with Gasteiger partial charge in [0.15, 0.2) is 0 Å². The molecule has 0 N–H and O–H groups in total. The van der Waals surface area contributed by atoms with Gasteiger partial charge in [0.1, 0.15) is 0 Å². The zero-order chi connectivity index (χ0) is 29.6. The van der Waals surface area contributed by atoms with E-state index in [4.69, 9.17) is 4.98 Å². The normalized spacial score (nSPS) is 11.3. The Morgan fingerprint density at radius 1 is 0.512 bits per heavy atom. The molecule has 43 heavy (non-hydrogen) atoms. The van der Waals surface area contributed by atoms with Crippen LogP contribution in [0.2, 0.25) is 0 Å². The largest absolute Gasteiger partial charge is 0.256 e. The van der Waals surface area contributed by atoms with Crippen LogP contribution in [0.25, 0.3) is 55.8 Å². The number of pyridine rings is 1. The van der Waals surface area contributed by atoms with Crippen molar-refractivity contribution in [2.24, 2.45) is 0 Å². The highest BCUT2D eigenvalue weighted by molar-refractivity contribution is 5.83. The molecule has 1 aromatic heterocycles. The first-order valence-corrected chi connectivity index (χ1v) is 15.2. The average molecular weight is 556 g/mol. The lowest BCUT2D eigenvalue weighted by atomic mass is 9.73. The van der Waals surface area contributed by atoms with Crippen molar-refractivity contribution in [1.82, 2.24) is 4.98 Å². The summed E-state index contributed by atoms with van der Waals surface area (Å²) in [4.78, 5) is 4.77. The summed E-state index contributed by atoms with van der Waals surface area (Å²) in [7, 11) is 0. The van der Waals surface area contributed by atoms with Gasteiger partial charge in [-0.15, -0.1) is 6.58 Å². The predicted molar refractivity (Wildman–Crippen MR) is 184 cm³/mol. The molecule has 0 bridgehead atoms. The second-order valence-electron chi connectivity index (χ2n) is 11.2. The fourth-order valence-electron chi connectivity index (χ4n) is 6.19. The van der Waals surface area contributed by atoms with Crippen molar-refractivity contribution in [3.8, 4) is 55.8 Å². The molecule has 0 fully saturated rings. The van der Waals surface area contributed by atoms with E-state index in [9.17, 15) is 0 Å². The quantitative estimate of drug-likeness (QED) is 0.162. The van der Waals surface area contributed by atoms with E-state index >= 15 is 0 Å². The first-order chi connectivity index (χ1) is 21.1. The zero-order valence-corrected chi connectivity index (χ0v) is 25.0. The number of benzene rings is 5. The number of hydrogen-bond acceptors (Lipinski definition) is 1. The fraction of sp³-hybridized carbons (Fsp3) is 0.119. The summed E-state index contributed by atoms with van der Waals surface area (Å²) < 4.78 is 0. The van der Waals surface area contributed by atoms with Crippen molar-refractivity contribution < 1.29 is 0 Å². The van der Waals surface area contributed by atoms with Crippen LogP contribution >= 0.6 is 0 Å². The van der Waals surface area contributed by atoms with Gasteiger partial charge in [-0.2, -0.15) is 0 Å². The third kappa shape index (κ3) is 5.72. The minimum absolute atomic E-state index is 0.0983. The SMILES string of the molecule is C=CC(CC)(CC)c1ccc(-c2cccc(-c3cc(-c4ccccc4)cc(-c4ccccc4)c3)c2)cc1-c1ccccn1. The van der Waals surface area contributed by atoms with Gasteiger partial charge in [-0.3, -0.25) is 4.98 Å². The molecule has 1 nitrogen and oxygen atoms in total. The topological polar surface area (TPSA) is 12.9 Å². The summed E-state index contributed by atoms with van der Waals surface area (Å²) in [6, 6.07) is 50.1. The summed E-state index contributed by atoms with van der Waals surface area (Å²) in [5.74, 6) is 0. The van der Waals surface area contributed by atoms with Crippen LogP contribution in [0.15, 0.2) is 158 Å². The Labute approximate surface area is 256 Å². The van der Waals surface area contributed by atoms with Gasteiger partial charge < -0.3 is 0 Å². The number of allylic oxidation sites excluding steroid dienone is 1. The zero-order valence-electron chi connectivity index (χ0n) is 25.0. The van der Waals surface area contributed by atoms with Crippen molar-refractivity contribution in [2.45, 2.75) is 32.1 Å². The lowest BCUT2D eigenvalue weighted by Crippen LogP contribution is -2.22. The highest BCUT2D eigenvalue weighted by Gasteiger charge is 2.28. The standard InChI is InChI=1S/C42H37N/c1-4-42(5-2,6-3)40-24-23-35(30-39(40)41-22-13-14-25-43-41)33-20-15-21-34(26-33)38-28-36(31-16-9-7-10-17-31)27-37(29-38)32-18-11-8-12-19-32/h4,7-30H,1,5-6H2,2-3H3. The minimum Gasteiger partial charge on any atom is -0.256 e. The van der Waals surface area contributed by atoms with Crippen molar-refractivity contribution >= 4 is 0 Å². The maximum Gasteiger partial charge on any atom is 0.0705 e. The molecule has 0 aliphatic heterocycles. The molecule has 0 aliphatic carbocycles. The van der Waals surface area contributed by atoms with Crippen LogP contribution in [0.4, 0.5) is 0 Å². The van der Waals surface area contributed by atoms with Crippen molar-refractivity contribution in [1.29, 1.82) is 0 Å². The van der Waals surface area contributed by atoms with Gasteiger partial charge in [0.05, 0.1) is 5.69 Å². The van der Waals surface area contributed by atoms with Crippen LogP contribution < -0.4 is 0 Å². The highest BCUT2D eigenvalue weighted by Crippen LogP contribution is 2.41. The van der Waals surface area contributed by atoms with Crippen LogP contribution in [-0.2, 0) is 5.41 Å². The Kier molecular flexibility index (Phi) is 8.16. The van der Waals surface area contributed by atoms with Crippen molar-refractivity contribution in [3.63, 3.8) is 0 Å². The van der Waals surface area contributed by atoms with E-state index in [2.05, 4.69) is 160 Å². The smallest absolute Gasteiger partial charge is 0.0705 e. The Bertz CT molecular complexity index is 1770. The maximum atomic E-state index is 4.77. The first-order valence-electron chi connectivity index (χ1n) is 15.2. The molecule has 210 valence electrons. The van der Waals surface area contributed by atoms with Gasteiger partial charge in [-0.05, 0) is 105 Å². The molecule has 0 amide bonds. The number of nitrogens with zero attached hydrogens (tertiary/aromatic N) is 1. The Morgan fingerprint density at radius 3 is 1.53 bits per heavy atom. The fourth-order valence-corrected chi connectivity index (χ4v) is 6.19. The van der Waals surface area contributed by atoms with Crippen molar-refractivity contribution in [3.05, 3.63) is 164 Å². The molecule has 1 heterocycles. The van der Waals surface area contributed by atoms with Crippen molar-refractivity contribution in [2.75, 3.05) is 0 Å². The maximum absolute atomic E-state index is 4.77. The molecule has 0 spiro atoms. The van der Waals surface area contributed by atoms with Crippen LogP contribution in [-0.4, -0.2) is 4.98 Å². The van der Waals surface area contributed by atoms with Gasteiger partial charge >= 0.3 is 0 Å². The van der Waals surface area contributed by atoms with Gasteiger partial charge in [-0.25, -0.2) is 0 Å². The number of hydrogen-bond donors (Lipinski definition) is 0. The third-order valence-corrected chi connectivity index (χ3v) is 8.83. The molecule has 0 unspecified atom stereocenters. The molecule has 5 aromatic carbocycles. The molecule has 0 atom stereocenters. The summed E-state index contributed by atoms with van der Waals surface area (Å²) in [5.41, 5.74) is 13.0. The second kappa shape index (κ2) is 12.5. The van der Waals surface area contributed by atoms with E-state index < -0.39 is 0 Å². The van der Waals surface area contributed by atoms with Crippen LogP contribution in [0.3, 0.4) is 0 Å². The van der Waals surface area contributed by atoms with E-state index in [0.717, 1.165) is 18.5 Å². The Balaban J connectivity index is 1.48. The molecular formula is C42H37N.